The predicted octanol–water partition coefficient (Wildman–Crippen LogP) is 1.42. The van der Waals surface area contributed by atoms with Crippen LogP contribution in [0.5, 0.6) is 5.75 Å². The summed E-state index contributed by atoms with van der Waals surface area (Å²) >= 11 is 6.72. The van der Waals surface area contributed by atoms with E-state index in [9.17, 15) is 19.6 Å². The quantitative estimate of drug-likeness (QED) is 0.113. The maximum atomic E-state index is 13.8. The van der Waals surface area contributed by atoms with Gasteiger partial charge in [-0.1, -0.05) is 18.2 Å². The number of alkyl halides is 1. The minimum Gasteiger partial charge on any atom is -0.465 e. The van der Waals surface area contributed by atoms with Crippen LogP contribution in [-0.2, 0) is 23.4 Å². The minimum atomic E-state index is -4.25. The summed E-state index contributed by atoms with van der Waals surface area (Å²) < 4.78 is 37.4. The smallest absolute Gasteiger partial charge is 0.459 e. The molecule has 1 aliphatic heterocycles. The Balaban J connectivity index is 1.59. The molecule has 17 heteroatoms. The predicted molar refractivity (Wildman–Crippen MR) is 145 cm³/mol. The first-order chi connectivity index (χ1) is 19.0. The molecule has 1 saturated heterocycles. The number of carbonyl (C=O) groups excluding carboxylic acids is 1. The molecule has 1 unspecified atom stereocenters. The summed E-state index contributed by atoms with van der Waals surface area (Å²) in [5.74, 6) is -0.175. The van der Waals surface area contributed by atoms with E-state index in [1.54, 1.807) is 44.3 Å². The molecule has 1 fully saturated rings. The molecule has 2 aromatic heterocycles. The van der Waals surface area contributed by atoms with Gasteiger partial charge in [-0.25, -0.2) is 9.55 Å². The van der Waals surface area contributed by atoms with Crippen molar-refractivity contribution in [3.05, 3.63) is 36.7 Å². The van der Waals surface area contributed by atoms with Gasteiger partial charge in [0, 0.05) is 7.05 Å². The van der Waals surface area contributed by atoms with Crippen LogP contribution in [0.4, 0.5) is 11.8 Å². The molecule has 1 aliphatic rings. The summed E-state index contributed by atoms with van der Waals surface area (Å²) in [5.41, 5.74) is 6.42. The van der Waals surface area contributed by atoms with Gasteiger partial charge < -0.3 is 35.3 Å². The maximum absolute atomic E-state index is 13.8. The zero-order valence-electron chi connectivity index (χ0n) is 21.9. The van der Waals surface area contributed by atoms with E-state index in [1.807, 2.05) is 0 Å². The van der Waals surface area contributed by atoms with E-state index < -0.39 is 56.3 Å². The Morgan fingerprint density at radius 1 is 1.35 bits per heavy atom. The number of nitrogen functional groups attached to an aromatic ring is 1. The topological polar surface area (TPSA) is 205 Å². The Kier molecular flexibility index (Phi) is 9.15. The Morgan fingerprint density at radius 3 is 2.73 bits per heavy atom. The van der Waals surface area contributed by atoms with E-state index >= 15 is 0 Å². The molecule has 4 rings (SSSR count). The molecule has 15 nitrogen and oxygen atoms in total. The third-order valence-electron chi connectivity index (χ3n) is 6.10. The van der Waals surface area contributed by atoms with Crippen LogP contribution in [0.1, 0.15) is 20.1 Å². The zero-order chi connectivity index (χ0) is 29.1. The fourth-order valence-corrected chi connectivity index (χ4v) is 5.92. The first-order valence-electron chi connectivity index (χ1n) is 12.3. The van der Waals surface area contributed by atoms with Crippen molar-refractivity contribution < 1.29 is 38.1 Å². The van der Waals surface area contributed by atoms with Crippen molar-refractivity contribution >= 4 is 48.2 Å². The Morgan fingerprint density at radius 2 is 2.08 bits per heavy atom. The van der Waals surface area contributed by atoms with Crippen molar-refractivity contribution in [3.63, 3.8) is 0 Å². The third kappa shape index (κ3) is 6.00. The monoisotopic (exact) mass is 599 g/mol. The minimum absolute atomic E-state index is 0.0537. The number of anilines is 2. The van der Waals surface area contributed by atoms with E-state index in [-0.39, 0.29) is 24.0 Å². The van der Waals surface area contributed by atoms with Gasteiger partial charge in [0.25, 0.3) is 0 Å². The van der Waals surface area contributed by atoms with Gasteiger partial charge in [0.15, 0.2) is 23.2 Å². The summed E-state index contributed by atoms with van der Waals surface area (Å²) in [6, 6.07) is 7.11. The number of ether oxygens (including phenoxy) is 2. The van der Waals surface area contributed by atoms with Crippen molar-refractivity contribution in [2.75, 3.05) is 37.9 Å². The first kappa shape index (κ1) is 29.9. The molecule has 1 aromatic carbocycles. The van der Waals surface area contributed by atoms with Crippen molar-refractivity contribution in [2.24, 2.45) is 0 Å². The Bertz CT molecular complexity index is 1380. The lowest BCUT2D eigenvalue weighted by Crippen LogP contribution is -2.45. The number of aliphatic hydroxyl groups is 2. The summed E-state index contributed by atoms with van der Waals surface area (Å²) in [5, 5.41) is 26.7. The summed E-state index contributed by atoms with van der Waals surface area (Å²) in [6.07, 6.45) is -2.56. The third-order valence-corrected chi connectivity index (χ3v) is 8.27. The van der Waals surface area contributed by atoms with Gasteiger partial charge in [-0.2, -0.15) is 15.1 Å². The number of fused-ring (bicyclic) bond motifs is 1. The SMILES string of the molecule is CCOC(=O)C(C)N[P@](=O)(OC[C@H]1O[C@@H](n2cnc3c(NC)nc(N)nc32)[C@@](Cl)(CO)[C@@H]1O)Oc1ccccc1. The fourth-order valence-electron chi connectivity index (χ4n) is 4.13. The van der Waals surface area contributed by atoms with Crippen molar-refractivity contribution in [1.82, 2.24) is 24.6 Å². The fraction of sp³-hybridized carbons (Fsp3) is 0.478. The van der Waals surface area contributed by atoms with Crippen molar-refractivity contribution in [3.8, 4) is 5.75 Å². The van der Waals surface area contributed by atoms with Gasteiger partial charge in [-0.05, 0) is 26.0 Å². The number of nitrogens with one attached hydrogen (secondary N) is 2. The molecule has 0 radical (unpaired) electrons. The van der Waals surface area contributed by atoms with Crippen LogP contribution in [0.25, 0.3) is 11.2 Å². The van der Waals surface area contributed by atoms with E-state index in [0.717, 1.165) is 0 Å². The van der Waals surface area contributed by atoms with Crippen LogP contribution >= 0.6 is 19.3 Å². The zero-order valence-corrected chi connectivity index (χ0v) is 23.6. The van der Waals surface area contributed by atoms with E-state index in [4.69, 9.17) is 35.9 Å². The van der Waals surface area contributed by atoms with Crippen LogP contribution in [0, 0.1) is 0 Å². The number of esters is 1. The number of imidazole rings is 1. The molecular weight excluding hydrogens is 569 g/mol. The van der Waals surface area contributed by atoms with Crippen LogP contribution < -0.4 is 20.7 Å². The van der Waals surface area contributed by atoms with Gasteiger partial charge in [0.1, 0.15) is 28.9 Å². The molecule has 6 atom stereocenters. The van der Waals surface area contributed by atoms with Gasteiger partial charge in [0.05, 0.1) is 26.1 Å². The summed E-state index contributed by atoms with van der Waals surface area (Å²) in [6.45, 7) is 1.97. The number of halogens is 1. The molecular formula is C23H31ClN7O8P. The second-order valence-corrected chi connectivity index (χ2v) is 11.3. The average Bonchev–Trinajstić information content (AvgIpc) is 3.46. The van der Waals surface area contributed by atoms with Crippen molar-refractivity contribution in [1.29, 1.82) is 0 Å². The Hall–Kier alpha value is -3.04. The number of aromatic nitrogens is 4. The molecule has 0 aliphatic carbocycles. The number of carbonyl (C=O) groups is 1. The number of aliphatic hydroxyl groups excluding tert-OH is 2. The van der Waals surface area contributed by atoms with Gasteiger partial charge in [-0.3, -0.25) is 13.9 Å². The summed E-state index contributed by atoms with van der Waals surface area (Å²) in [4.78, 5) is 23.0. The molecule has 0 bridgehead atoms. The average molecular weight is 600 g/mol. The highest BCUT2D eigenvalue weighted by Gasteiger charge is 2.57. The number of para-hydroxylation sites is 1. The highest BCUT2D eigenvalue weighted by atomic mass is 35.5. The number of benzene rings is 1. The maximum Gasteiger partial charge on any atom is 0.459 e. The largest absolute Gasteiger partial charge is 0.465 e. The lowest BCUT2D eigenvalue weighted by Gasteiger charge is -2.28. The van der Waals surface area contributed by atoms with Crippen LogP contribution in [0.15, 0.2) is 36.7 Å². The normalized spacial score (nSPS) is 24.9. The van der Waals surface area contributed by atoms with E-state index in [1.165, 1.54) is 17.8 Å². The molecule has 0 amide bonds. The van der Waals surface area contributed by atoms with Crippen LogP contribution in [0.2, 0.25) is 0 Å². The molecule has 0 saturated carbocycles. The first-order valence-corrected chi connectivity index (χ1v) is 14.2. The summed E-state index contributed by atoms with van der Waals surface area (Å²) in [7, 11) is -2.62. The number of hydrogen-bond acceptors (Lipinski definition) is 13. The molecule has 6 N–H and O–H groups in total. The van der Waals surface area contributed by atoms with Gasteiger partial charge in [-0.15, -0.1) is 11.6 Å². The number of rotatable bonds is 12. The molecule has 3 heterocycles. The van der Waals surface area contributed by atoms with Gasteiger partial charge in [0.2, 0.25) is 5.95 Å². The number of nitrogens with two attached hydrogens (primary N) is 1. The van der Waals surface area contributed by atoms with E-state index in [0.29, 0.717) is 11.3 Å². The number of nitrogens with zero attached hydrogens (tertiary/aromatic N) is 4. The molecule has 40 heavy (non-hydrogen) atoms. The highest BCUT2D eigenvalue weighted by Crippen LogP contribution is 2.48. The highest BCUT2D eigenvalue weighted by molar-refractivity contribution is 7.52. The number of hydrogen-bond donors (Lipinski definition) is 5. The molecule has 218 valence electrons. The second-order valence-electron chi connectivity index (χ2n) is 8.86. The lowest BCUT2D eigenvalue weighted by atomic mass is 9.99. The van der Waals surface area contributed by atoms with Crippen LogP contribution in [-0.4, -0.2) is 85.7 Å². The Labute approximate surface area is 234 Å². The molecule has 3 aromatic rings. The standard InChI is InChI=1S/C23H31ClN7O8P/c1-4-36-20(34)13(2)30-40(35,39-14-8-6-5-7-9-14)37-10-15-17(33)23(24,11-32)21(38-15)31-12-27-16-18(26-3)28-22(25)29-19(16)31/h5-9,12-13,15,17,21,32-33H,4,10-11H2,1-3H3,(H,30,35)(H3,25,26,28,29)/t13?,15-,17-,21-,23-,40+/m1/s1. The van der Waals surface area contributed by atoms with E-state index in [2.05, 4.69) is 25.4 Å². The molecule has 0 spiro atoms. The van der Waals surface area contributed by atoms with Crippen LogP contribution in [0.3, 0.4) is 0 Å². The lowest BCUT2D eigenvalue weighted by molar-refractivity contribution is -0.144. The van der Waals surface area contributed by atoms with Gasteiger partial charge >= 0.3 is 13.7 Å². The van der Waals surface area contributed by atoms with Crippen molar-refractivity contribution in [2.45, 2.75) is 43.2 Å². The second kappa shape index (κ2) is 12.2.